The van der Waals surface area contributed by atoms with Crippen LogP contribution in [0, 0.1) is 0 Å². The maximum absolute atomic E-state index is 13.2. The molecule has 2 atom stereocenters. The number of rotatable bonds is 8. The second-order valence-corrected chi connectivity index (χ2v) is 5.30. The van der Waals surface area contributed by atoms with Crippen molar-refractivity contribution in [1.82, 2.24) is 14.9 Å². The molecule has 0 aromatic carbocycles. The number of carbonyl (C=O) groups excluding carboxylic acids is 1. The minimum atomic E-state index is -4.65. The first-order valence-corrected chi connectivity index (χ1v) is 7.22. The van der Waals surface area contributed by atoms with Gasteiger partial charge < -0.3 is 15.0 Å². The van der Waals surface area contributed by atoms with Crippen molar-refractivity contribution in [1.29, 1.82) is 0 Å². The quantitative estimate of drug-likeness (QED) is 0.763. The van der Waals surface area contributed by atoms with Gasteiger partial charge in [0.15, 0.2) is 0 Å². The lowest BCUT2D eigenvalue weighted by Gasteiger charge is -2.21. The molecule has 0 unspecified atom stereocenters. The van der Waals surface area contributed by atoms with E-state index in [2.05, 4.69) is 10.3 Å². The van der Waals surface area contributed by atoms with Gasteiger partial charge in [-0.1, -0.05) is 19.8 Å². The molecular formula is C14H20F3N3O3. The van der Waals surface area contributed by atoms with Gasteiger partial charge in [0, 0.05) is 25.9 Å². The number of nitrogens with zero attached hydrogens (tertiary/aromatic N) is 2. The van der Waals surface area contributed by atoms with E-state index in [4.69, 9.17) is 5.11 Å². The van der Waals surface area contributed by atoms with E-state index >= 15 is 0 Å². The number of hydrogen-bond acceptors (Lipinski definition) is 3. The fourth-order valence-corrected chi connectivity index (χ4v) is 2.17. The molecule has 0 bridgehead atoms. The summed E-state index contributed by atoms with van der Waals surface area (Å²) in [6, 6.07) is -1.18. The lowest BCUT2D eigenvalue weighted by atomic mass is 10.0. The van der Waals surface area contributed by atoms with Crippen molar-refractivity contribution in [3.63, 3.8) is 0 Å². The van der Waals surface area contributed by atoms with Crippen LogP contribution in [0.4, 0.5) is 13.2 Å². The standard InChI is InChI=1S/C14H20F3N3O3/c1-3-4-5-10(13(22)23)19-11(21)8-9(14(15,16)17)12-18-6-7-20(12)2/h6-7,9-10H,3-5,8H2,1-2H3,(H,19,21)(H,22,23)/t9-,10+/m1/s1. The molecular weight excluding hydrogens is 315 g/mol. The molecule has 23 heavy (non-hydrogen) atoms. The molecule has 0 spiro atoms. The van der Waals surface area contributed by atoms with Gasteiger partial charge in [0.2, 0.25) is 5.91 Å². The average molecular weight is 335 g/mol. The van der Waals surface area contributed by atoms with Crippen LogP contribution in [0.15, 0.2) is 12.4 Å². The predicted molar refractivity (Wildman–Crippen MR) is 75.7 cm³/mol. The largest absolute Gasteiger partial charge is 0.480 e. The number of halogens is 3. The van der Waals surface area contributed by atoms with Crippen molar-refractivity contribution in [2.75, 3.05) is 0 Å². The number of aryl methyl sites for hydroxylation is 1. The highest BCUT2D eigenvalue weighted by atomic mass is 19.4. The van der Waals surface area contributed by atoms with Crippen LogP contribution in [0.5, 0.6) is 0 Å². The molecule has 1 aromatic rings. The molecule has 1 rings (SSSR count). The van der Waals surface area contributed by atoms with Gasteiger partial charge in [0.1, 0.15) is 17.8 Å². The van der Waals surface area contributed by atoms with Crippen LogP contribution in [0.25, 0.3) is 0 Å². The molecule has 0 aliphatic carbocycles. The molecule has 1 aromatic heterocycles. The zero-order chi connectivity index (χ0) is 17.6. The van der Waals surface area contributed by atoms with E-state index in [1.54, 1.807) is 0 Å². The lowest BCUT2D eigenvalue weighted by Crippen LogP contribution is -2.42. The number of aromatic nitrogens is 2. The van der Waals surface area contributed by atoms with Crippen LogP contribution in [0.1, 0.15) is 44.3 Å². The fraction of sp³-hybridized carbons (Fsp3) is 0.643. The summed E-state index contributed by atoms with van der Waals surface area (Å²) < 4.78 is 40.7. The first-order valence-electron chi connectivity index (χ1n) is 7.22. The van der Waals surface area contributed by atoms with E-state index in [1.807, 2.05) is 6.92 Å². The van der Waals surface area contributed by atoms with E-state index in [-0.39, 0.29) is 12.2 Å². The van der Waals surface area contributed by atoms with E-state index in [9.17, 15) is 22.8 Å². The van der Waals surface area contributed by atoms with Gasteiger partial charge >= 0.3 is 12.1 Å². The first kappa shape index (κ1) is 19.0. The van der Waals surface area contributed by atoms with Gasteiger partial charge in [-0.25, -0.2) is 9.78 Å². The number of carbonyl (C=O) groups is 2. The van der Waals surface area contributed by atoms with Gasteiger partial charge in [0.25, 0.3) is 0 Å². The summed E-state index contributed by atoms with van der Waals surface area (Å²) in [7, 11) is 1.40. The van der Waals surface area contributed by atoms with Crippen LogP contribution in [-0.2, 0) is 16.6 Å². The van der Waals surface area contributed by atoms with Crippen LogP contribution in [0.2, 0.25) is 0 Å². The van der Waals surface area contributed by atoms with Crippen molar-refractivity contribution in [3.8, 4) is 0 Å². The third-order valence-corrected chi connectivity index (χ3v) is 3.43. The summed E-state index contributed by atoms with van der Waals surface area (Å²) >= 11 is 0. The summed E-state index contributed by atoms with van der Waals surface area (Å²) in [4.78, 5) is 26.6. The van der Waals surface area contributed by atoms with Crippen LogP contribution in [0.3, 0.4) is 0 Å². The second kappa shape index (κ2) is 7.98. The minimum absolute atomic E-state index is 0.177. The summed E-state index contributed by atoms with van der Waals surface area (Å²) in [6.07, 6.45) is -1.53. The number of nitrogens with one attached hydrogen (secondary N) is 1. The Bertz CT molecular complexity index is 543. The molecule has 1 amide bonds. The van der Waals surface area contributed by atoms with Gasteiger partial charge in [-0.05, 0) is 6.42 Å². The molecule has 0 saturated carbocycles. The molecule has 9 heteroatoms. The third-order valence-electron chi connectivity index (χ3n) is 3.43. The number of carboxylic acid groups (broad SMARTS) is 1. The van der Waals surface area contributed by atoms with Crippen LogP contribution in [-0.4, -0.2) is 38.8 Å². The van der Waals surface area contributed by atoms with Crippen molar-refractivity contribution >= 4 is 11.9 Å². The maximum atomic E-state index is 13.2. The number of hydrogen-bond donors (Lipinski definition) is 2. The van der Waals surface area contributed by atoms with Crippen molar-refractivity contribution < 1.29 is 27.9 Å². The predicted octanol–water partition coefficient (Wildman–Crippen LogP) is 2.22. The van der Waals surface area contributed by atoms with E-state index < -0.39 is 36.4 Å². The second-order valence-electron chi connectivity index (χ2n) is 5.30. The molecule has 130 valence electrons. The molecule has 0 saturated heterocycles. The summed E-state index contributed by atoms with van der Waals surface area (Å²) in [5, 5.41) is 11.2. The Hall–Kier alpha value is -2.06. The van der Waals surface area contributed by atoms with E-state index in [0.717, 1.165) is 6.42 Å². The third kappa shape index (κ3) is 5.57. The number of amides is 1. The fourth-order valence-electron chi connectivity index (χ4n) is 2.17. The molecule has 2 N–H and O–H groups in total. The van der Waals surface area contributed by atoms with Crippen LogP contribution >= 0.6 is 0 Å². The van der Waals surface area contributed by atoms with Gasteiger partial charge in [-0.2, -0.15) is 13.2 Å². The van der Waals surface area contributed by atoms with Gasteiger partial charge in [-0.3, -0.25) is 4.79 Å². The van der Waals surface area contributed by atoms with Gasteiger partial charge in [0.05, 0.1) is 0 Å². The highest BCUT2D eigenvalue weighted by Gasteiger charge is 2.44. The first-order chi connectivity index (χ1) is 10.7. The topological polar surface area (TPSA) is 84.2 Å². The van der Waals surface area contributed by atoms with Crippen molar-refractivity contribution in [2.45, 2.75) is 50.7 Å². The normalized spacial score (nSPS) is 14.3. The highest BCUT2D eigenvalue weighted by molar-refractivity contribution is 5.83. The van der Waals surface area contributed by atoms with Crippen molar-refractivity contribution in [2.24, 2.45) is 7.05 Å². The molecule has 0 aliphatic rings. The number of alkyl halides is 3. The smallest absolute Gasteiger partial charge is 0.399 e. The Morgan fingerprint density at radius 3 is 2.52 bits per heavy atom. The molecule has 1 heterocycles. The number of unbranched alkanes of at least 4 members (excludes halogenated alkanes) is 1. The number of carboxylic acids is 1. The highest BCUT2D eigenvalue weighted by Crippen LogP contribution is 2.36. The monoisotopic (exact) mass is 335 g/mol. The zero-order valence-corrected chi connectivity index (χ0v) is 12.9. The molecule has 0 aliphatic heterocycles. The Balaban J connectivity index is 2.82. The van der Waals surface area contributed by atoms with E-state index in [0.29, 0.717) is 6.42 Å². The van der Waals surface area contributed by atoms with Crippen LogP contribution < -0.4 is 5.32 Å². The Labute approximate surface area is 131 Å². The maximum Gasteiger partial charge on any atom is 0.399 e. The summed E-state index contributed by atoms with van der Waals surface area (Å²) in [5.74, 6) is -4.58. The number of imidazole rings is 1. The molecule has 6 nitrogen and oxygen atoms in total. The minimum Gasteiger partial charge on any atom is -0.480 e. The Morgan fingerprint density at radius 2 is 2.09 bits per heavy atom. The van der Waals surface area contributed by atoms with E-state index in [1.165, 1.54) is 24.0 Å². The molecule has 0 radical (unpaired) electrons. The summed E-state index contributed by atoms with van der Waals surface area (Å²) in [5.41, 5.74) is 0. The SMILES string of the molecule is CCCC[C@H](NC(=O)C[C@H](c1nccn1C)C(F)(F)F)C(=O)O. The average Bonchev–Trinajstić information content (AvgIpc) is 2.85. The van der Waals surface area contributed by atoms with Crippen molar-refractivity contribution in [3.05, 3.63) is 18.2 Å². The zero-order valence-electron chi connectivity index (χ0n) is 12.9. The number of aliphatic carboxylic acids is 1. The Morgan fingerprint density at radius 1 is 1.43 bits per heavy atom. The molecule has 0 fully saturated rings. The summed E-state index contributed by atoms with van der Waals surface area (Å²) in [6.45, 7) is 1.85. The Kier molecular flexibility index (Phi) is 6.59. The van der Waals surface area contributed by atoms with Gasteiger partial charge in [-0.15, -0.1) is 0 Å². The lowest BCUT2D eigenvalue weighted by molar-refractivity contribution is -0.159.